The number of esters is 1. The number of aromatic nitrogens is 2. The second-order valence-electron chi connectivity index (χ2n) is 8.68. The van der Waals surface area contributed by atoms with Crippen molar-refractivity contribution in [3.8, 4) is 6.07 Å². The number of nitrogens with zero attached hydrogens (tertiary/aromatic N) is 4. The molecule has 2 aromatic carbocycles. The molecule has 1 saturated heterocycles. The molecule has 32 heavy (non-hydrogen) atoms. The highest BCUT2D eigenvalue weighted by molar-refractivity contribution is 5.85. The summed E-state index contributed by atoms with van der Waals surface area (Å²) >= 11 is 0. The number of ether oxygens (including phenoxy) is 1. The number of nitriles is 1. The summed E-state index contributed by atoms with van der Waals surface area (Å²) in [5.41, 5.74) is 3.16. The smallest absolute Gasteiger partial charge is 0.329 e. The highest BCUT2D eigenvalue weighted by Gasteiger charge is 2.32. The minimum absolute atomic E-state index is 0.192. The molecule has 0 spiro atoms. The van der Waals surface area contributed by atoms with Gasteiger partial charge in [-0.1, -0.05) is 56.3 Å². The number of piperidine rings is 1. The van der Waals surface area contributed by atoms with E-state index >= 15 is 0 Å². The molecule has 0 unspecified atom stereocenters. The summed E-state index contributed by atoms with van der Waals surface area (Å²) in [6, 6.07) is 20.2. The van der Waals surface area contributed by atoms with Gasteiger partial charge in [-0.05, 0) is 42.4 Å². The van der Waals surface area contributed by atoms with E-state index in [9.17, 15) is 10.1 Å². The van der Waals surface area contributed by atoms with Crippen molar-refractivity contribution in [2.24, 2.45) is 5.92 Å². The SMILES string of the molecule is CC(C)COC(=O)[C@H](C#N)c1nc2ccccc2nc1N1CCC(c2ccccc2)CC1. The van der Waals surface area contributed by atoms with E-state index in [1.165, 1.54) is 5.56 Å². The highest BCUT2D eigenvalue weighted by atomic mass is 16.5. The molecule has 0 aliphatic carbocycles. The van der Waals surface area contributed by atoms with Gasteiger partial charge in [0.15, 0.2) is 11.7 Å². The first-order valence-corrected chi connectivity index (χ1v) is 11.2. The lowest BCUT2D eigenvalue weighted by molar-refractivity contribution is -0.145. The van der Waals surface area contributed by atoms with E-state index in [0.29, 0.717) is 22.9 Å². The summed E-state index contributed by atoms with van der Waals surface area (Å²) in [4.78, 5) is 24.5. The lowest BCUT2D eigenvalue weighted by atomic mass is 9.89. The number of hydrogen-bond acceptors (Lipinski definition) is 6. The van der Waals surface area contributed by atoms with Gasteiger partial charge in [0.05, 0.1) is 23.7 Å². The first kappa shape index (κ1) is 21.8. The third kappa shape index (κ3) is 4.72. The van der Waals surface area contributed by atoms with Crippen LogP contribution in [0.25, 0.3) is 11.0 Å². The summed E-state index contributed by atoms with van der Waals surface area (Å²) in [7, 11) is 0. The molecule has 6 nitrogen and oxygen atoms in total. The Morgan fingerprint density at radius 2 is 1.69 bits per heavy atom. The fraction of sp³-hybridized carbons (Fsp3) is 0.385. The Morgan fingerprint density at radius 1 is 1.06 bits per heavy atom. The van der Waals surface area contributed by atoms with E-state index in [-0.39, 0.29) is 12.5 Å². The van der Waals surface area contributed by atoms with Crippen LogP contribution >= 0.6 is 0 Å². The zero-order valence-electron chi connectivity index (χ0n) is 18.6. The maximum atomic E-state index is 12.8. The van der Waals surface area contributed by atoms with Crippen molar-refractivity contribution in [3.63, 3.8) is 0 Å². The second kappa shape index (κ2) is 9.78. The number of rotatable bonds is 6. The Labute approximate surface area is 188 Å². The first-order valence-electron chi connectivity index (χ1n) is 11.2. The molecule has 1 aliphatic rings. The van der Waals surface area contributed by atoms with Crippen molar-refractivity contribution in [2.75, 3.05) is 24.6 Å². The van der Waals surface area contributed by atoms with Crippen LogP contribution in [0.5, 0.6) is 0 Å². The quantitative estimate of drug-likeness (QED) is 0.524. The fourth-order valence-corrected chi connectivity index (χ4v) is 4.14. The van der Waals surface area contributed by atoms with Crippen LogP contribution in [0.4, 0.5) is 5.82 Å². The van der Waals surface area contributed by atoms with Crippen LogP contribution in [0.2, 0.25) is 0 Å². The maximum absolute atomic E-state index is 12.8. The topological polar surface area (TPSA) is 79.1 Å². The molecule has 1 aromatic heterocycles. The predicted molar refractivity (Wildman–Crippen MR) is 124 cm³/mol. The normalized spacial score (nSPS) is 15.5. The van der Waals surface area contributed by atoms with Crippen LogP contribution in [-0.2, 0) is 9.53 Å². The number of fused-ring (bicyclic) bond motifs is 1. The van der Waals surface area contributed by atoms with E-state index in [1.54, 1.807) is 0 Å². The van der Waals surface area contributed by atoms with Gasteiger partial charge in [-0.3, -0.25) is 4.79 Å². The Hall–Kier alpha value is -3.46. The van der Waals surface area contributed by atoms with Crippen LogP contribution < -0.4 is 4.90 Å². The van der Waals surface area contributed by atoms with Crippen LogP contribution in [0.15, 0.2) is 54.6 Å². The maximum Gasteiger partial charge on any atom is 0.329 e. The second-order valence-corrected chi connectivity index (χ2v) is 8.68. The van der Waals surface area contributed by atoms with Gasteiger partial charge in [0, 0.05) is 13.1 Å². The number of carbonyl (C=O) groups excluding carboxylic acids is 1. The average Bonchev–Trinajstić information content (AvgIpc) is 2.83. The third-order valence-corrected chi connectivity index (χ3v) is 5.84. The Balaban J connectivity index is 1.64. The molecule has 164 valence electrons. The lowest BCUT2D eigenvalue weighted by Gasteiger charge is -2.34. The zero-order chi connectivity index (χ0) is 22.5. The van der Waals surface area contributed by atoms with E-state index in [4.69, 9.17) is 14.7 Å². The fourth-order valence-electron chi connectivity index (χ4n) is 4.14. The van der Waals surface area contributed by atoms with Crippen molar-refractivity contribution < 1.29 is 9.53 Å². The largest absolute Gasteiger partial charge is 0.464 e. The van der Waals surface area contributed by atoms with Gasteiger partial charge in [-0.2, -0.15) is 5.26 Å². The summed E-state index contributed by atoms with van der Waals surface area (Å²) in [6.07, 6.45) is 1.96. The molecule has 2 heterocycles. The molecule has 0 amide bonds. The zero-order valence-corrected chi connectivity index (χ0v) is 18.6. The average molecular weight is 429 g/mol. The number of benzene rings is 2. The minimum atomic E-state index is -1.10. The first-order chi connectivity index (χ1) is 15.6. The molecule has 0 bridgehead atoms. The number of carbonyl (C=O) groups is 1. The Kier molecular flexibility index (Phi) is 6.65. The van der Waals surface area contributed by atoms with Crippen molar-refractivity contribution in [1.29, 1.82) is 5.26 Å². The Bertz CT molecular complexity index is 1120. The van der Waals surface area contributed by atoms with Gasteiger partial charge in [-0.15, -0.1) is 0 Å². The molecule has 0 saturated carbocycles. The van der Waals surface area contributed by atoms with Crippen molar-refractivity contribution in [2.45, 2.75) is 38.5 Å². The van der Waals surface area contributed by atoms with E-state index in [2.05, 4.69) is 35.2 Å². The molecule has 1 aliphatic heterocycles. The van der Waals surface area contributed by atoms with E-state index < -0.39 is 11.9 Å². The summed E-state index contributed by atoms with van der Waals surface area (Å²) in [6.45, 7) is 5.78. The van der Waals surface area contributed by atoms with E-state index in [0.717, 1.165) is 31.4 Å². The molecule has 0 radical (unpaired) electrons. The van der Waals surface area contributed by atoms with Crippen molar-refractivity contribution in [3.05, 3.63) is 65.9 Å². The van der Waals surface area contributed by atoms with E-state index in [1.807, 2.05) is 44.2 Å². The molecule has 0 N–H and O–H groups in total. The van der Waals surface area contributed by atoms with Gasteiger partial charge in [-0.25, -0.2) is 9.97 Å². The molecule has 3 aromatic rings. The van der Waals surface area contributed by atoms with Crippen LogP contribution in [0, 0.1) is 17.2 Å². The van der Waals surface area contributed by atoms with Gasteiger partial charge in [0.25, 0.3) is 0 Å². The predicted octanol–water partition coefficient (Wildman–Crippen LogP) is 4.82. The van der Waals surface area contributed by atoms with Gasteiger partial charge in [0.2, 0.25) is 0 Å². The third-order valence-electron chi connectivity index (χ3n) is 5.84. The van der Waals surface area contributed by atoms with Crippen LogP contribution in [-0.4, -0.2) is 35.6 Å². The van der Waals surface area contributed by atoms with Crippen molar-refractivity contribution in [1.82, 2.24) is 9.97 Å². The van der Waals surface area contributed by atoms with Gasteiger partial charge in [0.1, 0.15) is 5.69 Å². The minimum Gasteiger partial charge on any atom is -0.464 e. The monoisotopic (exact) mass is 428 g/mol. The number of anilines is 1. The summed E-state index contributed by atoms with van der Waals surface area (Å²) in [5, 5.41) is 9.86. The summed E-state index contributed by atoms with van der Waals surface area (Å²) < 4.78 is 5.39. The standard InChI is InChI=1S/C26H28N4O2/c1-18(2)17-32-26(31)21(16-27)24-25(29-23-11-7-6-10-22(23)28-24)30-14-12-20(13-15-30)19-8-4-3-5-9-19/h3-11,18,20-21H,12-15,17H2,1-2H3/t21-/m1/s1. The number of para-hydroxylation sites is 2. The summed E-state index contributed by atoms with van der Waals surface area (Å²) in [5.74, 6) is -0.369. The molecule has 6 heteroatoms. The molecule has 1 fully saturated rings. The molecule has 4 rings (SSSR count). The highest BCUT2D eigenvalue weighted by Crippen LogP contribution is 2.33. The van der Waals surface area contributed by atoms with Crippen molar-refractivity contribution >= 4 is 22.8 Å². The van der Waals surface area contributed by atoms with Crippen LogP contribution in [0.1, 0.15) is 49.8 Å². The molecular formula is C26H28N4O2. The van der Waals surface area contributed by atoms with Gasteiger partial charge < -0.3 is 9.64 Å². The van der Waals surface area contributed by atoms with Crippen LogP contribution in [0.3, 0.4) is 0 Å². The molecule has 1 atom stereocenters. The number of hydrogen-bond donors (Lipinski definition) is 0. The Morgan fingerprint density at radius 3 is 2.31 bits per heavy atom. The molecular weight excluding hydrogens is 400 g/mol. The lowest BCUT2D eigenvalue weighted by Crippen LogP contribution is -2.35. The van der Waals surface area contributed by atoms with Gasteiger partial charge >= 0.3 is 5.97 Å².